The zero-order valence-electron chi connectivity index (χ0n) is 8.64. The second-order valence-electron chi connectivity index (χ2n) is 3.27. The van der Waals surface area contributed by atoms with E-state index in [2.05, 4.69) is 5.16 Å². The lowest BCUT2D eigenvalue weighted by Crippen LogP contribution is -2.11. The van der Waals surface area contributed by atoms with Crippen LogP contribution >= 0.6 is 11.8 Å². The second kappa shape index (κ2) is 3.98. The molecule has 0 aliphatic carbocycles. The highest BCUT2D eigenvalue weighted by atomic mass is 32.2. The molecule has 1 N–H and O–H groups in total. The molecule has 0 unspecified atom stereocenters. The summed E-state index contributed by atoms with van der Waals surface area (Å²) in [5.74, 6) is 0. The molecule has 0 spiro atoms. The van der Waals surface area contributed by atoms with Gasteiger partial charge in [0.05, 0.1) is 10.4 Å². The van der Waals surface area contributed by atoms with Crippen LogP contribution in [-0.4, -0.2) is 16.0 Å². The minimum Gasteiger partial charge on any atom is -0.410 e. The highest BCUT2D eigenvalue weighted by Gasteiger charge is 2.04. The molecule has 0 saturated heterocycles. The molecule has 0 aliphatic heterocycles. The molecule has 0 fully saturated rings. The molecule has 0 atom stereocenters. The zero-order valence-corrected chi connectivity index (χ0v) is 9.45. The molecular weight excluding hydrogens is 208 g/mol. The van der Waals surface area contributed by atoms with Gasteiger partial charge in [0.2, 0.25) is 0 Å². The molecule has 0 bridgehead atoms. The number of hydrogen-bond donors (Lipinski definition) is 1. The summed E-state index contributed by atoms with van der Waals surface area (Å²) in [6.07, 6.45) is 3.95. The Morgan fingerprint density at radius 3 is 2.73 bits per heavy atom. The Hall–Kier alpha value is -1.42. The summed E-state index contributed by atoms with van der Waals surface area (Å²) in [7, 11) is 1.99. The quantitative estimate of drug-likeness (QED) is 0.454. The van der Waals surface area contributed by atoms with Crippen LogP contribution in [-0.2, 0) is 7.05 Å². The van der Waals surface area contributed by atoms with Gasteiger partial charge in [0.25, 0.3) is 0 Å². The number of hydrogen-bond acceptors (Lipinski definition) is 3. The Morgan fingerprint density at radius 2 is 2.07 bits per heavy atom. The third-order valence-electron chi connectivity index (χ3n) is 2.40. The number of para-hydroxylation sites is 1. The molecule has 4 heteroatoms. The van der Waals surface area contributed by atoms with Crippen LogP contribution in [0.2, 0.25) is 0 Å². The molecular formula is C11H12N2OS. The molecule has 15 heavy (non-hydrogen) atoms. The summed E-state index contributed by atoms with van der Waals surface area (Å²) in [5, 5.41) is 14.0. The number of aromatic nitrogens is 1. The summed E-state index contributed by atoms with van der Waals surface area (Å²) in [5.41, 5.74) is 1.06. The van der Waals surface area contributed by atoms with Crippen molar-refractivity contribution in [2.75, 3.05) is 6.26 Å². The number of fused-ring (bicyclic) bond motifs is 1. The predicted molar refractivity (Wildman–Crippen MR) is 62.0 cm³/mol. The van der Waals surface area contributed by atoms with Gasteiger partial charge in [-0.15, -0.1) is 11.8 Å². The van der Waals surface area contributed by atoms with E-state index in [0.717, 1.165) is 15.8 Å². The fraction of sp³-hybridized carbons (Fsp3) is 0.182. The van der Waals surface area contributed by atoms with Crippen molar-refractivity contribution in [3.63, 3.8) is 0 Å². The van der Waals surface area contributed by atoms with E-state index >= 15 is 0 Å². The van der Waals surface area contributed by atoms with Gasteiger partial charge in [-0.25, -0.2) is 0 Å². The topological polar surface area (TPSA) is 37.5 Å². The van der Waals surface area contributed by atoms with Gasteiger partial charge in [0, 0.05) is 18.6 Å². The SMILES string of the molecule is CSc1cn(C)c2ccccc2/c1=N/O. The van der Waals surface area contributed by atoms with Crippen LogP contribution in [0.15, 0.2) is 40.5 Å². The van der Waals surface area contributed by atoms with Crippen molar-refractivity contribution >= 4 is 22.7 Å². The first-order valence-corrected chi connectivity index (χ1v) is 5.81. The molecule has 0 aliphatic rings. The van der Waals surface area contributed by atoms with Gasteiger partial charge < -0.3 is 9.77 Å². The van der Waals surface area contributed by atoms with Gasteiger partial charge in [0.15, 0.2) is 0 Å². The summed E-state index contributed by atoms with van der Waals surface area (Å²) >= 11 is 1.57. The smallest absolute Gasteiger partial charge is 0.126 e. The van der Waals surface area contributed by atoms with Crippen molar-refractivity contribution in [1.82, 2.24) is 4.57 Å². The monoisotopic (exact) mass is 220 g/mol. The average Bonchev–Trinajstić information content (AvgIpc) is 2.29. The number of aryl methyl sites for hydroxylation is 1. The highest BCUT2D eigenvalue weighted by Crippen LogP contribution is 2.15. The Kier molecular flexibility index (Phi) is 2.68. The van der Waals surface area contributed by atoms with E-state index < -0.39 is 0 Å². The van der Waals surface area contributed by atoms with E-state index in [9.17, 15) is 0 Å². The van der Waals surface area contributed by atoms with Crippen LogP contribution in [0.25, 0.3) is 10.9 Å². The molecule has 1 aromatic carbocycles. The first-order valence-electron chi connectivity index (χ1n) is 4.58. The van der Waals surface area contributed by atoms with E-state index in [-0.39, 0.29) is 0 Å². The standard InChI is InChI=1S/C11H12N2OS/c1-13-7-10(15-2)11(12-14)8-5-3-4-6-9(8)13/h3-7,14H,1-2H3/b12-11-. The number of thioether (sulfide) groups is 1. The van der Waals surface area contributed by atoms with Crippen LogP contribution in [0.3, 0.4) is 0 Å². The largest absolute Gasteiger partial charge is 0.410 e. The van der Waals surface area contributed by atoms with Crippen molar-refractivity contribution < 1.29 is 5.21 Å². The van der Waals surface area contributed by atoms with E-state index in [0.29, 0.717) is 5.36 Å². The average molecular weight is 220 g/mol. The van der Waals surface area contributed by atoms with Crippen LogP contribution < -0.4 is 5.36 Å². The molecule has 3 nitrogen and oxygen atoms in total. The van der Waals surface area contributed by atoms with Gasteiger partial charge in [0.1, 0.15) is 5.36 Å². The molecule has 0 amide bonds. The van der Waals surface area contributed by atoms with Crippen LogP contribution in [0.5, 0.6) is 0 Å². The van der Waals surface area contributed by atoms with Crippen molar-refractivity contribution in [2.24, 2.45) is 12.2 Å². The lowest BCUT2D eigenvalue weighted by molar-refractivity contribution is 0.301. The minimum absolute atomic E-state index is 0.649. The Labute approximate surface area is 92.0 Å². The molecule has 1 aromatic heterocycles. The van der Waals surface area contributed by atoms with Crippen LogP contribution in [0, 0.1) is 0 Å². The molecule has 2 rings (SSSR count). The van der Waals surface area contributed by atoms with Crippen molar-refractivity contribution in [3.8, 4) is 0 Å². The highest BCUT2D eigenvalue weighted by molar-refractivity contribution is 7.98. The van der Waals surface area contributed by atoms with Crippen molar-refractivity contribution in [2.45, 2.75) is 4.90 Å². The summed E-state index contributed by atoms with van der Waals surface area (Å²) in [6, 6.07) is 7.89. The molecule has 78 valence electrons. The second-order valence-corrected chi connectivity index (χ2v) is 4.12. The van der Waals surface area contributed by atoms with E-state index in [1.54, 1.807) is 11.8 Å². The first-order chi connectivity index (χ1) is 7.27. The van der Waals surface area contributed by atoms with E-state index in [4.69, 9.17) is 5.21 Å². The minimum atomic E-state index is 0.649. The number of pyridine rings is 1. The lowest BCUT2D eigenvalue weighted by atomic mass is 10.2. The zero-order chi connectivity index (χ0) is 10.8. The summed E-state index contributed by atoms with van der Waals surface area (Å²) in [6.45, 7) is 0. The normalized spacial score (nSPS) is 12.3. The molecule has 0 radical (unpaired) electrons. The number of rotatable bonds is 1. The lowest BCUT2D eigenvalue weighted by Gasteiger charge is -2.08. The maximum absolute atomic E-state index is 9.04. The number of nitrogens with zero attached hydrogens (tertiary/aromatic N) is 2. The van der Waals surface area contributed by atoms with E-state index in [1.807, 2.05) is 48.3 Å². The van der Waals surface area contributed by atoms with E-state index in [1.165, 1.54) is 0 Å². The Bertz CT molecular complexity index is 560. The third-order valence-corrected chi connectivity index (χ3v) is 3.14. The Morgan fingerprint density at radius 1 is 1.33 bits per heavy atom. The number of benzene rings is 1. The maximum atomic E-state index is 9.04. The van der Waals surface area contributed by atoms with Gasteiger partial charge >= 0.3 is 0 Å². The molecule has 1 heterocycles. The fourth-order valence-electron chi connectivity index (χ4n) is 1.67. The predicted octanol–water partition coefficient (Wildman–Crippen LogP) is 2.19. The van der Waals surface area contributed by atoms with Gasteiger partial charge in [-0.05, 0) is 12.3 Å². The fourth-order valence-corrected chi connectivity index (χ4v) is 2.28. The van der Waals surface area contributed by atoms with Gasteiger partial charge in [-0.3, -0.25) is 0 Å². The maximum Gasteiger partial charge on any atom is 0.126 e. The van der Waals surface area contributed by atoms with Gasteiger partial charge in [-0.2, -0.15) is 0 Å². The van der Waals surface area contributed by atoms with Crippen LogP contribution in [0.1, 0.15) is 0 Å². The Balaban J connectivity index is 2.99. The summed E-state index contributed by atoms with van der Waals surface area (Å²) < 4.78 is 2.04. The van der Waals surface area contributed by atoms with Crippen molar-refractivity contribution in [3.05, 3.63) is 35.8 Å². The molecule has 2 aromatic rings. The van der Waals surface area contributed by atoms with Gasteiger partial charge in [-0.1, -0.05) is 23.4 Å². The van der Waals surface area contributed by atoms with Crippen molar-refractivity contribution in [1.29, 1.82) is 0 Å². The summed E-state index contributed by atoms with van der Waals surface area (Å²) in [4.78, 5) is 0.971. The first kappa shape index (κ1) is 10.1. The molecule has 0 saturated carbocycles. The van der Waals surface area contributed by atoms with Crippen LogP contribution in [0.4, 0.5) is 0 Å². The third kappa shape index (κ3) is 1.61.